The molecule has 1 heterocycles. The first-order valence-corrected chi connectivity index (χ1v) is 10.2. The van der Waals surface area contributed by atoms with E-state index in [-0.39, 0.29) is 0 Å². The highest BCUT2D eigenvalue weighted by Crippen LogP contribution is 2.11. The van der Waals surface area contributed by atoms with E-state index in [1.54, 1.807) is 0 Å². The highest BCUT2D eigenvalue weighted by Gasteiger charge is 2.15. The monoisotopic (exact) mass is 353 g/mol. The maximum absolute atomic E-state index is 12.0. The predicted molar refractivity (Wildman–Crippen MR) is 106 cm³/mol. The molecule has 1 fully saturated rings. The van der Waals surface area contributed by atoms with Gasteiger partial charge in [-0.05, 0) is 45.7 Å². The molecule has 1 rings (SSSR count). The Hall–Kier alpha value is -1.30. The fraction of sp³-hybridized carbons (Fsp3) is 0.895. The Labute approximate surface area is 154 Å². The predicted octanol–water partition coefficient (Wildman–Crippen LogP) is 2.07. The number of hydrogen-bond acceptors (Lipinski definition) is 3. The van der Waals surface area contributed by atoms with Gasteiger partial charge in [-0.25, -0.2) is 0 Å². The van der Waals surface area contributed by atoms with Crippen LogP contribution in [-0.2, 0) is 4.79 Å². The zero-order valence-corrected chi connectivity index (χ0v) is 16.6. The SMILES string of the molecule is CCCN(CC)CCNC(=NCCCN1CCCCCC1=O)NCC. The van der Waals surface area contributed by atoms with E-state index in [1.165, 1.54) is 12.8 Å². The minimum Gasteiger partial charge on any atom is -0.357 e. The second-order valence-corrected chi connectivity index (χ2v) is 6.67. The van der Waals surface area contributed by atoms with Crippen molar-refractivity contribution >= 4 is 11.9 Å². The molecule has 0 aliphatic carbocycles. The molecule has 0 aromatic carbocycles. The Morgan fingerprint density at radius 1 is 1.16 bits per heavy atom. The molecular weight excluding hydrogens is 314 g/mol. The summed E-state index contributed by atoms with van der Waals surface area (Å²) in [5, 5.41) is 6.72. The number of aliphatic imine (C=N–C) groups is 1. The lowest BCUT2D eigenvalue weighted by atomic mass is 10.2. The number of rotatable bonds is 11. The Bertz CT molecular complexity index is 386. The van der Waals surface area contributed by atoms with Gasteiger partial charge >= 0.3 is 0 Å². The number of guanidine groups is 1. The molecule has 1 aliphatic rings. The van der Waals surface area contributed by atoms with Crippen molar-refractivity contribution in [2.24, 2.45) is 4.99 Å². The van der Waals surface area contributed by atoms with E-state index < -0.39 is 0 Å². The highest BCUT2D eigenvalue weighted by molar-refractivity contribution is 5.79. The average Bonchev–Trinajstić information content (AvgIpc) is 2.82. The lowest BCUT2D eigenvalue weighted by Gasteiger charge is -2.21. The van der Waals surface area contributed by atoms with Crippen LogP contribution in [0.2, 0.25) is 0 Å². The van der Waals surface area contributed by atoms with Crippen molar-refractivity contribution < 1.29 is 4.79 Å². The highest BCUT2D eigenvalue weighted by atomic mass is 16.2. The fourth-order valence-corrected chi connectivity index (χ4v) is 3.15. The zero-order valence-electron chi connectivity index (χ0n) is 16.6. The van der Waals surface area contributed by atoms with Crippen LogP contribution in [0.25, 0.3) is 0 Å². The molecule has 0 aromatic rings. The summed E-state index contributed by atoms with van der Waals surface area (Å²) in [5.74, 6) is 1.21. The number of likely N-dealkylation sites (N-methyl/N-ethyl adjacent to an activating group) is 1. The first-order chi connectivity index (χ1) is 12.2. The summed E-state index contributed by atoms with van der Waals surface area (Å²) in [6.07, 6.45) is 6.22. The van der Waals surface area contributed by atoms with E-state index in [0.29, 0.717) is 5.91 Å². The molecule has 1 saturated heterocycles. The quantitative estimate of drug-likeness (QED) is 0.339. The van der Waals surface area contributed by atoms with E-state index in [9.17, 15) is 4.79 Å². The molecule has 0 spiro atoms. The molecule has 6 heteroatoms. The third kappa shape index (κ3) is 9.68. The Morgan fingerprint density at radius 3 is 2.72 bits per heavy atom. The van der Waals surface area contributed by atoms with Gasteiger partial charge in [0.15, 0.2) is 5.96 Å². The van der Waals surface area contributed by atoms with Crippen LogP contribution in [0.1, 0.15) is 59.3 Å². The van der Waals surface area contributed by atoms with Gasteiger partial charge in [-0.3, -0.25) is 9.79 Å². The van der Waals surface area contributed by atoms with Gasteiger partial charge in [0.1, 0.15) is 0 Å². The summed E-state index contributed by atoms with van der Waals surface area (Å²) in [4.78, 5) is 21.1. The average molecular weight is 354 g/mol. The van der Waals surface area contributed by atoms with Crippen LogP contribution in [0.15, 0.2) is 4.99 Å². The van der Waals surface area contributed by atoms with Crippen molar-refractivity contribution in [1.29, 1.82) is 0 Å². The number of amides is 1. The second kappa shape index (κ2) is 13.9. The Kier molecular flexibility index (Phi) is 12.1. The van der Waals surface area contributed by atoms with Crippen LogP contribution in [0.5, 0.6) is 0 Å². The number of hydrogen-bond donors (Lipinski definition) is 2. The minimum atomic E-state index is 0.321. The van der Waals surface area contributed by atoms with Crippen LogP contribution in [0, 0.1) is 0 Å². The Balaban J connectivity index is 2.30. The summed E-state index contributed by atoms with van der Waals surface area (Å²) in [6, 6.07) is 0. The van der Waals surface area contributed by atoms with Gasteiger partial charge in [0.2, 0.25) is 5.91 Å². The molecule has 0 unspecified atom stereocenters. The third-order valence-electron chi connectivity index (χ3n) is 4.58. The van der Waals surface area contributed by atoms with Gasteiger partial charge in [0, 0.05) is 45.7 Å². The molecule has 25 heavy (non-hydrogen) atoms. The van der Waals surface area contributed by atoms with E-state index in [0.717, 1.165) is 84.0 Å². The van der Waals surface area contributed by atoms with Crippen molar-refractivity contribution in [3.05, 3.63) is 0 Å². The van der Waals surface area contributed by atoms with E-state index >= 15 is 0 Å². The van der Waals surface area contributed by atoms with E-state index in [1.807, 2.05) is 4.90 Å². The fourth-order valence-electron chi connectivity index (χ4n) is 3.15. The third-order valence-corrected chi connectivity index (χ3v) is 4.58. The minimum absolute atomic E-state index is 0.321. The molecule has 0 bridgehead atoms. The Morgan fingerprint density at radius 2 is 2.00 bits per heavy atom. The smallest absolute Gasteiger partial charge is 0.222 e. The van der Waals surface area contributed by atoms with Gasteiger partial charge in [-0.15, -0.1) is 0 Å². The van der Waals surface area contributed by atoms with Crippen LogP contribution in [0.3, 0.4) is 0 Å². The number of likely N-dealkylation sites (tertiary alicyclic amines) is 1. The van der Waals surface area contributed by atoms with Crippen molar-refractivity contribution in [2.75, 3.05) is 52.4 Å². The summed E-state index contributed by atoms with van der Waals surface area (Å²) >= 11 is 0. The van der Waals surface area contributed by atoms with Crippen LogP contribution < -0.4 is 10.6 Å². The number of carbonyl (C=O) groups is 1. The molecule has 2 N–H and O–H groups in total. The lowest BCUT2D eigenvalue weighted by molar-refractivity contribution is -0.130. The lowest BCUT2D eigenvalue weighted by Crippen LogP contribution is -2.42. The summed E-state index contributed by atoms with van der Waals surface area (Å²) < 4.78 is 0. The van der Waals surface area contributed by atoms with Crippen LogP contribution in [0.4, 0.5) is 0 Å². The molecule has 0 aromatic heterocycles. The first kappa shape index (κ1) is 21.7. The van der Waals surface area contributed by atoms with E-state index in [4.69, 9.17) is 0 Å². The summed E-state index contributed by atoms with van der Waals surface area (Å²) in [5.41, 5.74) is 0. The molecular formula is C19H39N5O. The molecule has 1 amide bonds. The molecule has 6 nitrogen and oxygen atoms in total. The molecule has 0 atom stereocenters. The number of nitrogens with one attached hydrogen (secondary N) is 2. The second-order valence-electron chi connectivity index (χ2n) is 6.67. The zero-order chi connectivity index (χ0) is 18.3. The van der Waals surface area contributed by atoms with Gasteiger partial charge in [-0.2, -0.15) is 0 Å². The van der Waals surface area contributed by atoms with Gasteiger partial charge in [-0.1, -0.05) is 20.3 Å². The molecule has 0 saturated carbocycles. The van der Waals surface area contributed by atoms with Crippen molar-refractivity contribution in [2.45, 2.75) is 59.3 Å². The normalized spacial score (nSPS) is 16.2. The molecule has 0 radical (unpaired) electrons. The standard InChI is InChI=1S/C19H39N5O/c1-4-14-23(6-3)17-13-22-19(20-5-2)21-12-10-16-24-15-9-7-8-11-18(24)25/h4-17H2,1-3H3,(H2,20,21,22). The maximum atomic E-state index is 12.0. The van der Waals surface area contributed by atoms with Crippen LogP contribution >= 0.6 is 0 Å². The summed E-state index contributed by atoms with van der Waals surface area (Å²) in [6.45, 7) is 14.1. The number of carbonyl (C=O) groups excluding carboxylic acids is 1. The van der Waals surface area contributed by atoms with Crippen molar-refractivity contribution in [3.8, 4) is 0 Å². The number of nitrogens with zero attached hydrogens (tertiary/aromatic N) is 3. The van der Waals surface area contributed by atoms with Crippen molar-refractivity contribution in [3.63, 3.8) is 0 Å². The maximum Gasteiger partial charge on any atom is 0.222 e. The molecule has 146 valence electrons. The topological polar surface area (TPSA) is 60.0 Å². The largest absolute Gasteiger partial charge is 0.357 e. The van der Waals surface area contributed by atoms with Gasteiger partial charge in [0.25, 0.3) is 0 Å². The molecule has 1 aliphatic heterocycles. The summed E-state index contributed by atoms with van der Waals surface area (Å²) in [7, 11) is 0. The van der Waals surface area contributed by atoms with E-state index in [2.05, 4.69) is 41.3 Å². The van der Waals surface area contributed by atoms with Gasteiger partial charge in [0.05, 0.1) is 0 Å². The van der Waals surface area contributed by atoms with Crippen LogP contribution in [-0.4, -0.2) is 74.0 Å². The van der Waals surface area contributed by atoms with Gasteiger partial charge < -0.3 is 20.4 Å². The van der Waals surface area contributed by atoms with Crippen molar-refractivity contribution in [1.82, 2.24) is 20.4 Å². The first-order valence-electron chi connectivity index (χ1n) is 10.2.